The molecule has 0 bridgehead atoms. The highest BCUT2D eigenvalue weighted by atomic mass is 32.2. The fourth-order valence-electron chi connectivity index (χ4n) is 4.02. The Bertz CT molecular complexity index is 1210. The molecule has 1 unspecified atom stereocenters. The van der Waals surface area contributed by atoms with Crippen molar-refractivity contribution >= 4 is 45.7 Å². The summed E-state index contributed by atoms with van der Waals surface area (Å²) in [5.41, 5.74) is 1.65. The molecule has 8 nitrogen and oxygen atoms in total. The molecule has 32 heavy (non-hydrogen) atoms. The van der Waals surface area contributed by atoms with Gasteiger partial charge in [0.1, 0.15) is 0 Å². The average Bonchev–Trinajstić information content (AvgIpc) is 3.10. The fraction of sp³-hybridized carbons (Fsp3) is 0.261. The van der Waals surface area contributed by atoms with Gasteiger partial charge in [0, 0.05) is 36.9 Å². The highest BCUT2D eigenvalue weighted by Crippen LogP contribution is 2.25. The number of carbonyl (C=O) groups is 2. The summed E-state index contributed by atoms with van der Waals surface area (Å²) < 4.78 is 0. The van der Waals surface area contributed by atoms with Crippen molar-refractivity contribution in [1.29, 1.82) is 0 Å². The van der Waals surface area contributed by atoms with Gasteiger partial charge in [0.05, 0.1) is 16.3 Å². The zero-order valence-corrected chi connectivity index (χ0v) is 18.1. The summed E-state index contributed by atoms with van der Waals surface area (Å²) in [6.45, 7) is 2.70. The van der Waals surface area contributed by atoms with Crippen molar-refractivity contribution in [3.63, 3.8) is 0 Å². The number of aromatic nitrogens is 3. The molecule has 2 aromatic heterocycles. The second-order valence-electron chi connectivity index (χ2n) is 7.90. The lowest BCUT2D eigenvalue weighted by atomic mass is 10.1. The number of rotatable bonds is 5. The molecule has 2 aliphatic heterocycles. The van der Waals surface area contributed by atoms with E-state index in [1.807, 2.05) is 18.3 Å². The molecule has 2 amide bonds. The van der Waals surface area contributed by atoms with E-state index in [2.05, 4.69) is 48.7 Å². The molecule has 4 heterocycles. The lowest BCUT2D eigenvalue weighted by molar-refractivity contribution is -0.115. The summed E-state index contributed by atoms with van der Waals surface area (Å²) in [4.78, 5) is 39.3. The zero-order valence-electron chi connectivity index (χ0n) is 17.3. The average molecular weight is 447 g/mol. The number of nitrogens with zero attached hydrogens (tertiary/aromatic N) is 4. The quantitative estimate of drug-likeness (QED) is 0.575. The molecule has 5 rings (SSSR count). The standard InChI is InChI=1S/C23H22N6O2S/c30-21-20(32-23(31)28-21)11-17-7-8-24-22(26-17)27-18-6-3-9-29(13-18)14-19-10-15-4-1-2-5-16(15)12-25-19/h1-2,4-5,7-8,10-12,18H,3,6,9,13-14H2,(H,24,26,27)(H,28,30,31)/b20-11+. The Morgan fingerprint density at radius 1 is 1.19 bits per heavy atom. The Balaban J connectivity index is 1.23. The van der Waals surface area contributed by atoms with E-state index in [9.17, 15) is 9.59 Å². The Hall–Kier alpha value is -3.30. The lowest BCUT2D eigenvalue weighted by Crippen LogP contribution is -2.42. The van der Waals surface area contributed by atoms with Crippen LogP contribution in [0.15, 0.2) is 53.7 Å². The first-order valence-electron chi connectivity index (χ1n) is 10.5. The largest absolute Gasteiger partial charge is 0.350 e. The number of pyridine rings is 1. The number of thioether (sulfide) groups is 1. The molecular weight excluding hydrogens is 424 g/mol. The van der Waals surface area contributed by atoms with Crippen molar-refractivity contribution < 1.29 is 9.59 Å². The van der Waals surface area contributed by atoms with E-state index in [0.29, 0.717) is 16.5 Å². The Morgan fingerprint density at radius 2 is 2.06 bits per heavy atom. The van der Waals surface area contributed by atoms with Crippen LogP contribution in [-0.4, -0.2) is 50.1 Å². The van der Waals surface area contributed by atoms with Crippen LogP contribution in [0.2, 0.25) is 0 Å². The lowest BCUT2D eigenvalue weighted by Gasteiger charge is -2.33. The summed E-state index contributed by atoms with van der Waals surface area (Å²) in [5.74, 6) is 0.128. The minimum atomic E-state index is -0.390. The smallest absolute Gasteiger partial charge is 0.290 e. The number of benzene rings is 1. The van der Waals surface area contributed by atoms with E-state index in [-0.39, 0.29) is 11.3 Å². The van der Waals surface area contributed by atoms with E-state index < -0.39 is 5.91 Å². The van der Waals surface area contributed by atoms with Crippen LogP contribution in [0.1, 0.15) is 24.2 Å². The molecule has 0 spiro atoms. The molecule has 1 atom stereocenters. The first kappa shape index (κ1) is 20.6. The predicted octanol–water partition coefficient (Wildman–Crippen LogP) is 3.43. The van der Waals surface area contributed by atoms with Gasteiger partial charge in [-0.1, -0.05) is 24.3 Å². The van der Waals surface area contributed by atoms with Gasteiger partial charge in [0.25, 0.3) is 11.1 Å². The van der Waals surface area contributed by atoms with E-state index in [1.165, 1.54) is 5.39 Å². The van der Waals surface area contributed by atoms with E-state index in [1.54, 1.807) is 18.3 Å². The minimum Gasteiger partial charge on any atom is -0.350 e. The number of nitrogens with one attached hydrogen (secondary N) is 2. The summed E-state index contributed by atoms with van der Waals surface area (Å²) >= 11 is 0.880. The molecule has 0 radical (unpaired) electrons. The van der Waals surface area contributed by atoms with Gasteiger partial charge in [-0.05, 0) is 54.7 Å². The van der Waals surface area contributed by atoms with E-state index in [0.717, 1.165) is 55.3 Å². The second kappa shape index (κ2) is 9.05. The van der Waals surface area contributed by atoms with Crippen molar-refractivity contribution in [3.05, 3.63) is 65.1 Å². The summed E-state index contributed by atoms with van der Waals surface area (Å²) in [7, 11) is 0. The number of amides is 2. The number of anilines is 1. The number of imide groups is 1. The van der Waals surface area contributed by atoms with Gasteiger partial charge in [0.15, 0.2) is 0 Å². The number of piperidine rings is 1. The zero-order chi connectivity index (χ0) is 21.9. The molecule has 2 N–H and O–H groups in total. The maximum atomic E-state index is 11.8. The van der Waals surface area contributed by atoms with Gasteiger partial charge in [-0.2, -0.15) is 0 Å². The molecule has 0 saturated carbocycles. The van der Waals surface area contributed by atoms with Crippen molar-refractivity contribution in [2.24, 2.45) is 0 Å². The predicted molar refractivity (Wildman–Crippen MR) is 125 cm³/mol. The van der Waals surface area contributed by atoms with Crippen LogP contribution >= 0.6 is 11.8 Å². The molecule has 2 aliphatic rings. The van der Waals surface area contributed by atoms with Crippen LogP contribution in [0.4, 0.5) is 10.7 Å². The van der Waals surface area contributed by atoms with Gasteiger partial charge in [-0.25, -0.2) is 9.97 Å². The van der Waals surface area contributed by atoms with Crippen molar-refractivity contribution in [2.45, 2.75) is 25.4 Å². The molecular formula is C23H22N6O2S. The van der Waals surface area contributed by atoms with Crippen molar-refractivity contribution in [1.82, 2.24) is 25.2 Å². The van der Waals surface area contributed by atoms with Gasteiger partial charge in [-0.15, -0.1) is 0 Å². The third kappa shape index (κ3) is 4.79. The number of likely N-dealkylation sites (tertiary alicyclic amines) is 1. The Kier molecular flexibility index (Phi) is 5.83. The van der Waals surface area contributed by atoms with E-state index in [4.69, 9.17) is 0 Å². The summed E-state index contributed by atoms with van der Waals surface area (Å²) in [5, 5.41) is 7.67. The third-order valence-electron chi connectivity index (χ3n) is 5.51. The van der Waals surface area contributed by atoms with Crippen molar-refractivity contribution in [3.8, 4) is 0 Å². The first-order chi connectivity index (χ1) is 15.6. The molecule has 1 aromatic carbocycles. The first-order valence-corrected chi connectivity index (χ1v) is 11.3. The van der Waals surface area contributed by atoms with Crippen LogP contribution in [0, 0.1) is 0 Å². The second-order valence-corrected chi connectivity index (χ2v) is 8.91. The van der Waals surface area contributed by atoms with E-state index >= 15 is 0 Å². The monoisotopic (exact) mass is 446 g/mol. The van der Waals surface area contributed by atoms with Crippen molar-refractivity contribution in [2.75, 3.05) is 18.4 Å². The Morgan fingerprint density at radius 3 is 2.91 bits per heavy atom. The molecule has 3 aromatic rings. The maximum Gasteiger partial charge on any atom is 0.290 e. The number of fused-ring (bicyclic) bond motifs is 1. The molecule has 9 heteroatoms. The molecule has 162 valence electrons. The van der Waals surface area contributed by atoms with Gasteiger partial charge in [0.2, 0.25) is 5.95 Å². The topological polar surface area (TPSA) is 100 Å². The number of carbonyl (C=O) groups excluding carboxylic acids is 2. The maximum absolute atomic E-state index is 11.8. The molecule has 2 saturated heterocycles. The highest BCUT2D eigenvalue weighted by molar-refractivity contribution is 8.18. The van der Waals surface area contributed by atoms with Crippen LogP contribution in [-0.2, 0) is 11.3 Å². The molecule has 0 aliphatic carbocycles. The van der Waals surface area contributed by atoms with Gasteiger partial charge >= 0.3 is 0 Å². The summed E-state index contributed by atoms with van der Waals surface area (Å²) in [6.07, 6.45) is 7.31. The highest BCUT2D eigenvalue weighted by Gasteiger charge is 2.25. The van der Waals surface area contributed by atoms with Gasteiger partial charge in [-0.3, -0.25) is 24.8 Å². The van der Waals surface area contributed by atoms with Crippen LogP contribution < -0.4 is 10.6 Å². The Labute approximate surface area is 189 Å². The number of hydrogen-bond acceptors (Lipinski definition) is 8. The fourth-order valence-corrected chi connectivity index (χ4v) is 4.69. The molecule has 2 fully saturated rings. The van der Waals surface area contributed by atoms with Crippen LogP contribution in [0.3, 0.4) is 0 Å². The SMILES string of the molecule is O=C1NC(=O)/C(=C\c2ccnc(NC3CCCN(Cc4cc5ccccc5cn4)C3)n2)S1. The van der Waals surface area contributed by atoms with Crippen LogP contribution in [0.25, 0.3) is 16.8 Å². The summed E-state index contributed by atoms with van der Waals surface area (Å²) in [6, 6.07) is 12.4. The normalized spacial score (nSPS) is 20.6. The van der Waals surface area contributed by atoms with Gasteiger partial charge < -0.3 is 5.32 Å². The third-order valence-corrected chi connectivity index (χ3v) is 6.32. The number of hydrogen-bond donors (Lipinski definition) is 2. The minimum absolute atomic E-state index is 0.220. The van der Waals surface area contributed by atoms with Crippen LogP contribution in [0.5, 0.6) is 0 Å².